The van der Waals surface area contributed by atoms with E-state index in [-0.39, 0.29) is 30.4 Å². The molecule has 188 valence electrons. The smallest absolute Gasteiger partial charge is 0.244 e. The van der Waals surface area contributed by atoms with Crippen LogP contribution in [0.1, 0.15) is 17.7 Å². The van der Waals surface area contributed by atoms with Crippen molar-refractivity contribution in [2.24, 2.45) is 0 Å². The summed E-state index contributed by atoms with van der Waals surface area (Å²) in [5, 5.41) is 1.45. The molecule has 0 atom stereocenters. The highest BCUT2D eigenvalue weighted by molar-refractivity contribution is 7.89. The minimum absolute atomic E-state index is 0.158. The van der Waals surface area contributed by atoms with Crippen molar-refractivity contribution in [3.8, 4) is 0 Å². The predicted molar refractivity (Wildman–Crippen MR) is 139 cm³/mol. The van der Waals surface area contributed by atoms with E-state index < -0.39 is 10.0 Å². The molecule has 0 aliphatic carbocycles. The molecule has 0 N–H and O–H groups in total. The number of benzene rings is 3. The van der Waals surface area contributed by atoms with Gasteiger partial charge in [-0.15, -0.1) is 0 Å². The molecule has 4 aromatic rings. The first-order chi connectivity index (χ1) is 17.5. The quantitative estimate of drug-likeness (QED) is 0.261. The summed E-state index contributed by atoms with van der Waals surface area (Å²) in [7, 11) is -2.40. The van der Waals surface area contributed by atoms with Crippen LogP contribution in [-0.4, -0.2) is 50.3 Å². The summed E-state index contributed by atoms with van der Waals surface area (Å²) in [5.41, 5.74) is 0.945. The van der Waals surface area contributed by atoms with E-state index >= 15 is 0 Å². The molecule has 36 heavy (non-hydrogen) atoms. The lowest BCUT2D eigenvalue weighted by Crippen LogP contribution is -2.43. The van der Waals surface area contributed by atoms with E-state index in [4.69, 9.17) is 9.15 Å². The number of hydrogen-bond acceptors (Lipinski definition) is 5. The average Bonchev–Trinajstić information content (AvgIpc) is 3.41. The second-order valence-corrected chi connectivity index (χ2v) is 10.4. The molecule has 0 radical (unpaired) electrons. The third kappa shape index (κ3) is 6.20. The fourth-order valence-corrected chi connectivity index (χ4v) is 5.75. The monoisotopic (exact) mass is 506 g/mol. The standard InChI is InChI=1S/C28H30N2O5S/c1-34-18-9-17-30(36(32,33)27-16-7-13-24-12-5-6-15-26(24)27)22-28(31)29(21-25-14-8-19-35-25)20-23-10-3-2-4-11-23/h2-8,10-16,19H,9,17-18,20-22H2,1H3. The van der Waals surface area contributed by atoms with Crippen LogP contribution in [0.4, 0.5) is 0 Å². The molecule has 0 saturated heterocycles. The van der Waals surface area contributed by atoms with E-state index in [9.17, 15) is 13.2 Å². The lowest BCUT2D eigenvalue weighted by molar-refractivity contribution is -0.133. The summed E-state index contributed by atoms with van der Waals surface area (Å²) in [6.07, 6.45) is 2.02. The molecule has 1 heterocycles. The van der Waals surface area contributed by atoms with Crippen molar-refractivity contribution in [2.45, 2.75) is 24.4 Å². The van der Waals surface area contributed by atoms with Gasteiger partial charge in [0.05, 0.1) is 24.2 Å². The number of rotatable bonds is 12. The van der Waals surface area contributed by atoms with Crippen LogP contribution in [-0.2, 0) is 32.6 Å². The molecule has 0 saturated carbocycles. The van der Waals surface area contributed by atoms with E-state index in [0.717, 1.165) is 10.9 Å². The van der Waals surface area contributed by atoms with Crippen LogP contribution >= 0.6 is 0 Å². The van der Waals surface area contributed by atoms with E-state index in [1.807, 2.05) is 54.6 Å². The van der Waals surface area contributed by atoms with Gasteiger partial charge in [-0.25, -0.2) is 8.42 Å². The fourth-order valence-electron chi connectivity index (χ4n) is 4.11. The van der Waals surface area contributed by atoms with Crippen molar-refractivity contribution in [2.75, 3.05) is 26.8 Å². The van der Waals surface area contributed by atoms with Crippen molar-refractivity contribution in [3.05, 3.63) is 103 Å². The van der Waals surface area contributed by atoms with Crippen molar-refractivity contribution >= 4 is 26.7 Å². The highest BCUT2D eigenvalue weighted by Crippen LogP contribution is 2.26. The number of methoxy groups -OCH3 is 1. The molecular weight excluding hydrogens is 476 g/mol. The zero-order valence-electron chi connectivity index (χ0n) is 20.2. The van der Waals surface area contributed by atoms with Crippen LogP contribution in [0.15, 0.2) is 101 Å². The second kappa shape index (κ2) is 12.0. The summed E-state index contributed by atoms with van der Waals surface area (Å²) >= 11 is 0. The highest BCUT2D eigenvalue weighted by atomic mass is 32.2. The molecule has 0 spiro atoms. The van der Waals surface area contributed by atoms with Crippen LogP contribution < -0.4 is 0 Å². The summed E-state index contributed by atoms with van der Waals surface area (Å²) < 4.78 is 39.6. The van der Waals surface area contributed by atoms with Gasteiger partial charge in [0, 0.05) is 32.2 Å². The summed E-state index contributed by atoms with van der Waals surface area (Å²) in [6.45, 7) is 0.825. The Labute approximate surface area is 211 Å². The Morgan fingerprint density at radius 3 is 2.39 bits per heavy atom. The Kier molecular flexibility index (Phi) is 8.53. The maximum Gasteiger partial charge on any atom is 0.244 e. The number of carbonyl (C=O) groups is 1. The molecule has 7 nitrogen and oxygen atoms in total. The van der Waals surface area contributed by atoms with Crippen molar-refractivity contribution < 1.29 is 22.4 Å². The van der Waals surface area contributed by atoms with Crippen LogP contribution in [0, 0.1) is 0 Å². The molecule has 0 bridgehead atoms. The van der Waals surface area contributed by atoms with E-state index in [2.05, 4.69) is 0 Å². The Bertz CT molecular complexity index is 1370. The Hall–Kier alpha value is -3.46. The zero-order chi connectivity index (χ0) is 25.4. The lowest BCUT2D eigenvalue weighted by atomic mass is 10.1. The van der Waals surface area contributed by atoms with Gasteiger partial charge in [0.25, 0.3) is 0 Å². The fraction of sp³-hybridized carbons (Fsp3) is 0.250. The van der Waals surface area contributed by atoms with Crippen molar-refractivity contribution in [1.82, 2.24) is 9.21 Å². The average molecular weight is 507 g/mol. The first kappa shape index (κ1) is 25.6. The molecule has 4 rings (SSSR count). The Morgan fingerprint density at radius 2 is 1.64 bits per heavy atom. The number of ether oxygens (including phenoxy) is 1. The molecule has 0 unspecified atom stereocenters. The van der Waals surface area contributed by atoms with Gasteiger partial charge in [0.2, 0.25) is 15.9 Å². The van der Waals surface area contributed by atoms with Crippen LogP contribution in [0.3, 0.4) is 0 Å². The van der Waals surface area contributed by atoms with Gasteiger partial charge in [0.1, 0.15) is 5.76 Å². The van der Waals surface area contributed by atoms with E-state index in [1.54, 1.807) is 48.6 Å². The van der Waals surface area contributed by atoms with Gasteiger partial charge < -0.3 is 14.1 Å². The second-order valence-electron chi connectivity index (χ2n) is 8.48. The third-order valence-electron chi connectivity index (χ3n) is 5.93. The topological polar surface area (TPSA) is 80.1 Å². The number of furan rings is 1. The first-order valence-corrected chi connectivity index (χ1v) is 13.2. The van der Waals surface area contributed by atoms with Crippen LogP contribution in [0.25, 0.3) is 10.8 Å². The first-order valence-electron chi connectivity index (χ1n) is 11.8. The molecule has 0 aliphatic heterocycles. The minimum atomic E-state index is -3.96. The van der Waals surface area contributed by atoms with Crippen molar-refractivity contribution in [3.63, 3.8) is 0 Å². The van der Waals surface area contributed by atoms with Crippen LogP contribution in [0.5, 0.6) is 0 Å². The van der Waals surface area contributed by atoms with Gasteiger partial charge in [-0.05, 0) is 35.6 Å². The van der Waals surface area contributed by atoms with Gasteiger partial charge >= 0.3 is 0 Å². The molecule has 3 aromatic carbocycles. The molecule has 8 heteroatoms. The lowest BCUT2D eigenvalue weighted by Gasteiger charge is -2.27. The SMILES string of the molecule is COCCCN(CC(=O)N(Cc1ccccc1)Cc1ccco1)S(=O)(=O)c1cccc2ccccc12. The largest absolute Gasteiger partial charge is 0.467 e. The van der Waals surface area contributed by atoms with E-state index in [1.165, 1.54) is 4.31 Å². The zero-order valence-corrected chi connectivity index (χ0v) is 21.1. The van der Waals surface area contributed by atoms with Gasteiger partial charge in [-0.2, -0.15) is 4.31 Å². The minimum Gasteiger partial charge on any atom is -0.467 e. The third-order valence-corrected chi connectivity index (χ3v) is 7.83. The molecule has 1 aromatic heterocycles. The number of carbonyl (C=O) groups excluding carboxylic acids is 1. The number of fused-ring (bicyclic) bond motifs is 1. The van der Waals surface area contributed by atoms with Gasteiger partial charge in [0.15, 0.2) is 0 Å². The normalized spacial score (nSPS) is 11.7. The number of nitrogens with zero attached hydrogens (tertiary/aromatic N) is 2. The Balaban J connectivity index is 1.64. The molecule has 1 amide bonds. The number of sulfonamides is 1. The maximum absolute atomic E-state index is 13.9. The van der Waals surface area contributed by atoms with Crippen molar-refractivity contribution in [1.29, 1.82) is 0 Å². The Morgan fingerprint density at radius 1 is 0.889 bits per heavy atom. The summed E-state index contributed by atoms with van der Waals surface area (Å²) in [6, 6.07) is 25.7. The number of hydrogen-bond donors (Lipinski definition) is 0. The molecule has 0 aliphatic rings. The van der Waals surface area contributed by atoms with E-state index in [0.29, 0.717) is 30.7 Å². The summed E-state index contributed by atoms with van der Waals surface area (Å²) in [4.78, 5) is 15.4. The number of amides is 1. The highest BCUT2D eigenvalue weighted by Gasteiger charge is 2.30. The predicted octanol–water partition coefficient (Wildman–Crippen LogP) is 4.69. The maximum atomic E-state index is 13.9. The van der Waals surface area contributed by atoms with Gasteiger partial charge in [-0.3, -0.25) is 4.79 Å². The van der Waals surface area contributed by atoms with Crippen LogP contribution in [0.2, 0.25) is 0 Å². The van der Waals surface area contributed by atoms with Gasteiger partial charge in [-0.1, -0.05) is 66.7 Å². The summed E-state index contributed by atoms with van der Waals surface area (Å²) in [5.74, 6) is 0.318. The molecule has 0 fully saturated rings. The molecular formula is C28H30N2O5S.